The fraction of sp³-hybridized carbons (Fsp3) is 0.700. The van der Waals surface area contributed by atoms with E-state index >= 15 is 0 Å². The van der Waals surface area contributed by atoms with Gasteiger partial charge < -0.3 is 14.0 Å². The van der Waals surface area contributed by atoms with Crippen molar-refractivity contribution in [2.45, 2.75) is 101 Å². The number of nitrogens with zero attached hydrogens (tertiary/aromatic N) is 6. The Hall–Kier alpha value is -3.05. The smallest absolute Gasteiger partial charge is 0.330 e. The molecule has 0 unspecified atom stereocenters. The highest BCUT2D eigenvalue weighted by molar-refractivity contribution is 5.91. The lowest BCUT2D eigenvalue weighted by atomic mass is 9.64. The van der Waals surface area contributed by atoms with Crippen molar-refractivity contribution in [3.8, 4) is 17.5 Å². The van der Waals surface area contributed by atoms with Crippen molar-refractivity contribution >= 4 is 16.9 Å². The highest BCUT2D eigenvalue weighted by atomic mass is 16.5. The van der Waals surface area contributed by atoms with Crippen LogP contribution in [-0.2, 0) is 28.4 Å². The number of imidazole rings is 1. The summed E-state index contributed by atoms with van der Waals surface area (Å²) in [6, 6.07) is 0.130. The summed E-state index contributed by atoms with van der Waals surface area (Å²) in [7, 11) is 3.87. The molecule has 4 aliphatic rings. The molecule has 11 heteroatoms. The van der Waals surface area contributed by atoms with E-state index in [2.05, 4.69) is 24.0 Å². The summed E-state index contributed by atoms with van der Waals surface area (Å²) in [5, 5.41) is 4.52. The molecule has 2 saturated heterocycles. The van der Waals surface area contributed by atoms with Crippen molar-refractivity contribution in [3.63, 3.8) is 0 Å². The molecule has 1 spiro atoms. The number of ketones is 1. The van der Waals surface area contributed by atoms with Crippen LogP contribution < -0.4 is 10.4 Å². The van der Waals surface area contributed by atoms with Gasteiger partial charge in [-0.1, -0.05) is 11.6 Å². The van der Waals surface area contributed by atoms with Gasteiger partial charge in [-0.3, -0.25) is 18.8 Å². The van der Waals surface area contributed by atoms with Crippen LogP contribution in [0.3, 0.4) is 0 Å². The van der Waals surface area contributed by atoms with Gasteiger partial charge in [0.2, 0.25) is 17.5 Å². The van der Waals surface area contributed by atoms with Gasteiger partial charge in [0.15, 0.2) is 11.2 Å². The Kier molecular flexibility index (Phi) is 6.77. The topological polar surface area (TPSA) is 118 Å². The van der Waals surface area contributed by atoms with E-state index in [4.69, 9.17) is 24.0 Å². The normalized spacial score (nSPS) is 27.9. The van der Waals surface area contributed by atoms with Gasteiger partial charge in [-0.2, -0.15) is 4.98 Å². The van der Waals surface area contributed by atoms with E-state index in [1.807, 2.05) is 0 Å². The van der Waals surface area contributed by atoms with E-state index < -0.39 is 5.41 Å². The lowest BCUT2D eigenvalue weighted by Gasteiger charge is -2.37. The Morgan fingerprint density at radius 3 is 2.63 bits per heavy atom. The summed E-state index contributed by atoms with van der Waals surface area (Å²) in [4.78, 5) is 39.1. The average molecular weight is 565 g/mol. The summed E-state index contributed by atoms with van der Waals surface area (Å²) in [6.07, 6.45) is 9.55. The largest absolute Gasteiger partial charge is 0.471 e. The van der Waals surface area contributed by atoms with Crippen LogP contribution in [0.25, 0.3) is 22.7 Å². The second-order valence-electron chi connectivity index (χ2n) is 12.5. The highest BCUT2D eigenvalue weighted by Crippen LogP contribution is 2.47. The number of likely N-dealkylation sites (N-methyl/N-ethyl adjacent to an activating group) is 1. The Morgan fingerprint density at radius 2 is 1.88 bits per heavy atom. The predicted molar refractivity (Wildman–Crippen MR) is 151 cm³/mol. The summed E-state index contributed by atoms with van der Waals surface area (Å²) >= 11 is 0. The van der Waals surface area contributed by atoms with Crippen molar-refractivity contribution < 1.29 is 18.8 Å². The Labute approximate surface area is 239 Å². The number of fused-ring (bicyclic) bond motifs is 3. The summed E-state index contributed by atoms with van der Waals surface area (Å²) in [6.45, 7) is 4.25. The van der Waals surface area contributed by atoms with Gasteiger partial charge in [-0.05, 0) is 78.3 Å². The lowest BCUT2D eigenvalue weighted by Crippen LogP contribution is -2.41. The molecule has 7 rings (SSSR count). The molecule has 2 aliphatic carbocycles. The molecule has 3 fully saturated rings. The number of ether oxygens (including phenoxy) is 2. The van der Waals surface area contributed by atoms with Crippen LogP contribution in [0.15, 0.2) is 9.32 Å². The maximum atomic E-state index is 13.7. The van der Waals surface area contributed by atoms with E-state index in [9.17, 15) is 9.59 Å². The number of hydrogen-bond donors (Lipinski definition) is 0. The van der Waals surface area contributed by atoms with Crippen LogP contribution in [0, 0.1) is 0 Å². The maximum absolute atomic E-state index is 13.7. The zero-order valence-electron chi connectivity index (χ0n) is 24.4. The molecule has 220 valence electrons. The molecule has 11 nitrogen and oxygen atoms in total. The average Bonchev–Trinajstić information content (AvgIpc) is 3.67. The van der Waals surface area contributed by atoms with E-state index in [1.165, 1.54) is 0 Å². The van der Waals surface area contributed by atoms with Crippen LogP contribution in [0.1, 0.15) is 88.4 Å². The quantitative estimate of drug-likeness (QED) is 0.457. The number of likely N-dealkylation sites (tertiary alicyclic amines) is 1. The van der Waals surface area contributed by atoms with Crippen molar-refractivity contribution in [2.75, 3.05) is 26.8 Å². The van der Waals surface area contributed by atoms with Crippen LogP contribution in [0.4, 0.5) is 0 Å². The maximum Gasteiger partial charge on any atom is 0.330 e. The number of carbonyl (C=O) groups excluding carboxylic acids is 1. The lowest BCUT2D eigenvalue weighted by molar-refractivity contribution is -0.127. The second-order valence-corrected chi connectivity index (χ2v) is 12.5. The molecular weight excluding hydrogens is 524 g/mol. The number of Topliss-reactive ketones (excluding diaryl/α,β-unsaturated/α-hetero) is 1. The van der Waals surface area contributed by atoms with Crippen molar-refractivity contribution in [1.82, 2.24) is 29.2 Å². The SMILES string of the molecule is C[C@H](Oc1nc(-c2onc3c2CCC[C@@]32CCCCC2=O)nc2c1n(C)c(=O)n2[C@H]1CCCOC1)[C@@H]1CCCN1C. The van der Waals surface area contributed by atoms with Gasteiger partial charge in [-0.15, -0.1) is 0 Å². The van der Waals surface area contributed by atoms with E-state index in [-0.39, 0.29) is 29.7 Å². The summed E-state index contributed by atoms with van der Waals surface area (Å²) in [5.74, 6) is 1.48. The van der Waals surface area contributed by atoms with E-state index in [1.54, 1.807) is 16.2 Å². The molecule has 0 N–H and O–H groups in total. The van der Waals surface area contributed by atoms with Crippen LogP contribution in [0.2, 0.25) is 0 Å². The first-order valence-corrected chi connectivity index (χ1v) is 15.4. The fourth-order valence-electron chi connectivity index (χ4n) is 7.84. The Bertz CT molecular complexity index is 1530. The monoisotopic (exact) mass is 564 g/mol. The second kappa shape index (κ2) is 10.3. The Morgan fingerprint density at radius 1 is 1.02 bits per heavy atom. The molecule has 1 saturated carbocycles. The summed E-state index contributed by atoms with van der Waals surface area (Å²) < 4.78 is 21.7. The van der Waals surface area contributed by atoms with Gasteiger partial charge in [0, 0.05) is 31.7 Å². The van der Waals surface area contributed by atoms with Crippen molar-refractivity contribution in [2.24, 2.45) is 7.05 Å². The number of carbonyl (C=O) groups is 1. The van der Waals surface area contributed by atoms with Crippen molar-refractivity contribution in [3.05, 3.63) is 21.7 Å². The fourth-order valence-corrected chi connectivity index (χ4v) is 7.84. The zero-order valence-corrected chi connectivity index (χ0v) is 24.4. The van der Waals surface area contributed by atoms with Crippen LogP contribution in [-0.4, -0.2) is 73.9 Å². The Balaban J connectivity index is 1.39. The minimum atomic E-state index is -0.563. The molecule has 2 aliphatic heterocycles. The van der Waals surface area contributed by atoms with Gasteiger partial charge >= 0.3 is 5.69 Å². The molecule has 5 heterocycles. The standard InChI is InChI=1S/C30H40N6O5/c1-18(21-11-7-15-34(21)2)40-28-23-27(36(29(38)35(23)3)19-9-8-16-39-17-19)31-26(32-28)24-20-10-6-14-30(25(20)33-41-24)13-5-4-12-22(30)37/h18-19,21H,4-17H2,1-3H3/t18-,19-,21-,30+/m0/s1. The molecule has 0 amide bonds. The number of aromatic nitrogens is 5. The van der Waals surface area contributed by atoms with Gasteiger partial charge in [0.1, 0.15) is 17.6 Å². The first-order chi connectivity index (χ1) is 19.9. The van der Waals surface area contributed by atoms with E-state index in [0.717, 1.165) is 82.0 Å². The highest BCUT2D eigenvalue weighted by Gasteiger charge is 2.48. The third-order valence-electron chi connectivity index (χ3n) is 10.1. The molecule has 0 aromatic carbocycles. The molecule has 41 heavy (non-hydrogen) atoms. The molecule has 0 bridgehead atoms. The molecule has 4 atom stereocenters. The van der Waals surface area contributed by atoms with Crippen LogP contribution >= 0.6 is 0 Å². The third kappa shape index (κ3) is 4.26. The summed E-state index contributed by atoms with van der Waals surface area (Å²) in [5.41, 5.74) is 2.05. The van der Waals surface area contributed by atoms with Gasteiger partial charge in [0.25, 0.3) is 0 Å². The molecule has 0 radical (unpaired) electrons. The molecule has 3 aromatic heterocycles. The molecule has 3 aromatic rings. The third-order valence-corrected chi connectivity index (χ3v) is 10.1. The predicted octanol–water partition coefficient (Wildman–Crippen LogP) is 3.72. The van der Waals surface area contributed by atoms with Gasteiger partial charge in [-0.25, -0.2) is 9.78 Å². The minimum Gasteiger partial charge on any atom is -0.471 e. The first kappa shape index (κ1) is 26.8. The zero-order chi connectivity index (χ0) is 28.3. The minimum absolute atomic E-state index is 0.124. The van der Waals surface area contributed by atoms with E-state index in [0.29, 0.717) is 48.3 Å². The number of aryl methyl sites for hydroxylation is 1. The van der Waals surface area contributed by atoms with Crippen molar-refractivity contribution in [1.29, 1.82) is 0 Å². The van der Waals surface area contributed by atoms with Gasteiger partial charge in [0.05, 0.1) is 18.1 Å². The first-order valence-electron chi connectivity index (χ1n) is 15.4. The molecular formula is C30H40N6O5. The number of hydrogen-bond acceptors (Lipinski definition) is 9. The number of rotatable bonds is 5. The van der Waals surface area contributed by atoms with Crippen LogP contribution in [0.5, 0.6) is 5.88 Å².